The van der Waals surface area contributed by atoms with E-state index < -0.39 is 0 Å². The number of nitrogens with zero attached hydrogens (tertiary/aromatic N) is 2. The molecule has 5 heteroatoms. The Morgan fingerprint density at radius 3 is 2.94 bits per heavy atom. The Morgan fingerprint density at radius 1 is 1.47 bits per heavy atom. The second-order valence-corrected chi connectivity index (χ2v) is 4.73. The van der Waals surface area contributed by atoms with Crippen LogP contribution in [0.3, 0.4) is 0 Å². The van der Waals surface area contributed by atoms with E-state index >= 15 is 0 Å². The molecule has 2 saturated heterocycles. The summed E-state index contributed by atoms with van der Waals surface area (Å²) in [4.78, 5) is 27.4. The minimum atomic E-state index is -0.204. The van der Waals surface area contributed by atoms with Crippen molar-refractivity contribution in [2.75, 3.05) is 26.2 Å². The van der Waals surface area contributed by atoms with Gasteiger partial charge in [-0.1, -0.05) is 0 Å². The van der Waals surface area contributed by atoms with Gasteiger partial charge < -0.3 is 14.5 Å². The summed E-state index contributed by atoms with van der Waals surface area (Å²) < 4.78 is 5.42. The number of piperazine rings is 1. The summed E-state index contributed by atoms with van der Waals surface area (Å²) in [6.45, 7) is 5.97. The number of rotatable bonds is 4. The second kappa shape index (κ2) is 5.04. The van der Waals surface area contributed by atoms with E-state index in [1.165, 1.54) is 0 Å². The van der Waals surface area contributed by atoms with Crippen molar-refractivity contribution in [3.63, 3.8) is 0 Å². The van der Waals surface area contributed by atoms with Crippen LogP contribution in [-0.4, -0.2) is 60.0 Å². The van der Waals surface area contributed by atoms with Gasteiger partial charge in [-0.15, -0.1) is 0 Å². The van der Waals surface area contributed by atoms with Gasteiger partial charge in [0.15, 0.2) is 0 Å². The summed E-state index contributed by atoms with van der Waals surface area (Å²) in [6.07, 6.45) is 1.74. The molecular formula is C12H20N2O3. The van der Waals surface area contributed by atoms with Crippen LogP contribution in [0, 0.1) is 0 Å². The van der Waals surface area contributed by atoms with Crippen LogP contribution in [0.5, 0.6) is 0 Å². The van der Waals surface area contributed by atoms with Crippen molar-refractivity contribution < 1.29 is 14.3 Å². The van der Waals surface area contributed by atoms with Crippen molar-refractivity contribution in [2.24, 2.45) is 0 Å². The topological polar surface area (TPSA) is 49.9 Å². The molecule has 0 radical (unpaired) electrons. The summed E-state index contributed by atoms with van der Waals surface area (Å²) in [7, 11) is 0. The summed E-state index contributed by atoms with van der Waals surface area (Å²) in [5, 5.41) is 0. The van der Waals surface area contributed by atoms with Gasteiger partial charge in [0.05, 0.1) is 12.6 Å². The smallest absolute Gasteiger partial charge is 0.245 e. The first kappa shape index (κ1) is 12.4. The molecule has 2 fully saturated rings. The van der Waals surface area contributed by atoms with Crippen LogP contribution >= 0.6 is 0 Å². The van der Waals surface area contributed by atoms with Crippen molar-refractivity contribution in [1.82, 2.24) is 9.80 Å². The summed E-state index contributed by atoms with van der Waals surface area (Å²) >= 11 is 0. The fraction of sp³-hybridized carbons (Fsp3) is 0.833. The molecule has 0 aromatic heterocycles. The molecule has 0 aromatic carbocycles. The zero-order valence-corrected chi connectivity index (χ0v) is 10.5. The number of hydrogen-bond donors (Lipinski definition) is 0. The van der Waals surface area contributed by atoms with Gasteiger partial charge in [-0.3, -0.25) is 9.59 Å². The number of fused-ring (bicyclic) bond motifs is 1. The molecule has 5 nitrogen and oxygen atoms in total. The van der Waals surface area contributed by atoms with Crippen LogP contribution in [-0.2, 0) is 14.3 Å². The molecule has 0 saturated carbocycles. The molecule has 0 aliphatic carbocycles. The fourth-order valence-corrected chi connectivity index (χ4v) is 2.67. The van der Waals surface area contributed by atoms with E-state index in [0.29, 0.717) is 13.2 Å². The molecular weight excluding hydrogens is 220 g/mol. The van der Waals surface area contributed by atoms with Gasteiger partial charge in [-0.2, -0.15) is 0 Å². The first-order valence-corrected chi connectivity index (χ1v) is 6.33. The highest BCUT2D eigenvalue weighted by atomic mass is 16.5. The van der Waals surface area contributed by atoms with Crippen LogP contribution < -0.4 is 0 Å². The molecule has 2 rings (SSSR count). The Hall–Kier alpha value is -1.10. The number of amides is 2. The van der Waals surface area contributed by atoms with Crippen molar-refractivity contribution in [2.45, 2.75) is 38.8 Å². The Bertz CT molecular complexity index is 319. The van der Waals surface area contributed by atoms with Gasteiger partial charge in [0.2, 0.25) is 11.8 Å². The molecule has 0 aromatic rings. The van der Waals surface area contributed by atoms with Crippen LogP contribution in [0.4, 0.5) is 0 Å². The minimum absolute atomic E-state index is 0.00953. The van der Waals surface area contributed by atoms with Crippen LogP contribution in [0.15, 0.2) is 0 Å². The molecule has 0 spiro atoms. The van der Waals surface area contributed by atoms with E-state index in [4.69, 9.17) is 4.74 Å². The third-order valence-corrected chi connectivity index (χ3v) is 3.42. The first-order chi connectivity index (χ1) is 8.13. The average Bonchev–Trinajstić information content (AvgIpc) is 2.75. The zero-order valence-electron chi connectivity index (χ0n) is 10.5. The molecule has 2 amide bonds. The van der Waals surface area contributed by atoms with Crippen molar-refractivity contribution >= 4 is 11.8 Å². The SMILES string of the molecule is CCOC(C)CN1CC(=O)N2CCCC2C1=O. The monoisotopic (exact) mass is 240 g/mol. The number of carbonyl (C=O) groups is 2. The maximum atomic E-state index is 12.2. The van der Waals surface area contributed by atoms with E-state index in [-0.39, 0.29) is 30.5 Å². The van der Waals surface area contributed by atoms with Crippen LogP contribution in [0.25, 0.3) is 0 Å². The third-order valence-electron chi connectivity index (χ3n) is 3.42. The molecule has 0 bridgehead atoms. The Balaban J connectivity index is 1.99. The van der Waals surface area contributed by atoms with Gasteiger partial charge in [-0.05, 0) is 26.7 Å². The van der Waals surface area contributed by atoms with Gasteiger partial charge in [0, 0.05) is 19.7 Å². The van der Waals surface area contributed by atoms with Crippen molar-refractivity contribution in [3.8, 4) is 0 Å². The van der Waals surface area contributed by atoms with Crippen LogP contribution in [0.2, 0.25) is 0 Å². The predicted molar refractivity (Wildman–Crippen MR) is 62.4 cm³/mol. The molecule has 2 atom stereocenters. The maximum absolute atomic E-state index is 12.2. The highest BCUT2D eigenvalue weighted by molar-refractivity contribution is 5.95. The highest BCUT2D eigenvalue weighted by Gasteiger charge is 2.41. The molecule has 2 aliphatic heterocycles. The molecule has 2 unspecified atom stereocenters. The molecule has 2 heterocycles. The normalized spacial score (nSPS) is 26.4. The third kappa shape index (κ3) is 2.44. The predicted octanol–water partition coefficient (Wildman–Crippen LogP) is 0.245. The van der Waals surface area contributed by atoms with Crippen molar-refractivity contribution in [1.29, 1.82) is 0 Å². The summed E-state index contributed by atoms with van der Waals surface area (Å²) in [5.74, 6) is 0.171. The summed E-state index contributed by atoms with van der Waals surface area (Å²) in [6, 6.07) is -0.204. The van der Waals surface area contributed by atoms with Gasteiger partial charge >= 0.3 is 0 Å². The first-order valence-electron chi connectivity index (χ1n) is 6.33. The average molecular weight is 240 g/mol. The number of hydrogen-bond acceptors (Lipinski definition) is 3. The van der Waals surface area contributed by atoms with Gasteiger partial charge in [0.25, 0.3) is 0 Å². The minimum Gasteiger partial charge on any atom is -0.377 e. The second-order valence-electron chi connectivity index (χ2n) is 4.73. The Kier molecular flexibility index (Phi) is 3.66. The van der Waals surface area contributed by atoms with Gasteiger partial charge in [0.1, 0.15) is 6.04 Å². The lowest BCUT2D eigenvalue weighted by molar-refractivity contribution is -0.155. The fourth-order valence-electron chi connectivity index (χ4n) is 2.67. The van der Waals surface area contributed by atoms with E-state index in [1.807, 2.05) is 13.8 Å². The lowest BCUT2D eigenvalue weighted by Crippen LogP contribution is -2.58. The molecule has 17 heavy (non-hydrogen) atoms. The van der Waals surface area contributed by atoms with Crippen molar-refractivity contribution in [3.05, 3.63) is 0 Å². The standard InChI is InChI=1S/C12H20N2O3/c1-3-17-9(2)7-13-8-11(15)14-6-4-5-10(14)12(13)16/h9-10H,3-8H2,1-2H3. The Labute approximate surface area is 102 Å². The van der Waals surface area contributed by atoms with Gasteiger partial charge in [-0.25, -0.2) is 0 Å². The molecule has 2 aliphatic rings. The lowest BCUT2D eigenvalue weighted by atomic mass is 10.1. The summed E-state index contributed by atoms with van der Waals surface area (Å²) in [5.41, 5.74) is 0. The highest BCUT2D eigenvalue weighted by Crippen LogP contribution is 2.23. The van der Waals surface area contributed by atoms with Crippen LogP contribution in [0.1, 0.15) is 26.7 Å². The van der Waals surface area contributed by atoms with E-state index in [2.05, 4.69) is 0 Å². The van der Waals surface area contributed by atoms with E-state index in [9.17, 15) is 9.59 Å². The molecule has 96 valence electrons. The number of ether oxygens (including phenoxy) is 1. The largest absolute Gasteiger partial charge is 0.377 e. The Morgan fingerprint density at radius 2 is 2.24 bits per heavy atom. The van der Waals surface area contributed by atoms with E-state index in [1.54, 1.807) is 9.80 Å². The lowest BCUT2D eigenvalue weighted by Gasteiger charge is -2.37. The zero-order chi connectivity index (χ0) is 12.4. The van der Waals surface area contributed by atoms with E-state index in [0.717, 1.165) is 19.4 Å². The number of carbonyl (C=O) groups excluding carboxylic acids is 2. The maximum Gasteiger partial charge on any atom is 0.245 e. The quantitative estimate of drug-likeness (QED) is 0.707. The molecule has 0 N–H and O–H groups in total.